The molecule has 2 heterocycles. The summed E-state index contributed by atoms with van der Waals surface area (Å²) in [6, 6.07) is 0.505. The molecule has 88 valence electrons. The quantitative estimate of drug-likeness (QED) is 0.777. The Morgan fingerprint density at radius 1 is 1.56 bits per heavy atom. The molecular formula is C10H14ClN3OS. The molecule has 1 aliphatic rings. The summed E-state index contributed by atoms with van der Waals surface area (Å²) in [7, 11) is 3.61. The highest BCUT2D eigenvalue weighted by molar-refractivity contribution is 7.99. The van der Waals surface area contributed by atoms with E-state index in [1.165, 1.54) is 18.5 Å². The Kier molecular flexibility index (Phi) is 3.76. The molecule has 1 aromatic heterocycles. The highest BCUT2D eigenvalue weighted by atomic mass is 35.5. The molecule has 0 amide bonds. The van der Waals surface area contributed by atoms with E-state index in [1.807, 2.05) is 18.8 Å². The molecule has 1 aromatic rings. The standard InChI is InChI=1S/C10H14ClN3OS/c1-14(7-3-4-16-5-7)10-8(15-2)9(11)12-6-13-10/h6-7H,3-5H2,1-2H3. The van der Waals surface area contributed by atoms with E-state index < -0.39 is 0 Å². The van der Waals surface area contributed by atoms with Crippen LogP contribution >= 0.6 is 23.4 Å². The van der Waals surface area contributed by atoms with E-state index in [0.29, 0.717) is 16.9 Å². The first-order valence-electron chi connectivity index (χ1n) is 5.09. The smallest absolute Gasteiger partial charge is 0.199 e. The van der Waals surface area contributed by atoms with E-state index in [4.69, 9.17) is 16.3 Å². The zero-order valence-corrected chi connectivity index (χ0v) is 10.9. The van der Waals surface area contributed by atoms with Gasteiger partial charge in [0.15, 0.2) is 16.7 Å². The van der Waals surface area contributed by atoms with Crippen LogP contribution in [-0.2, 0) is 0 Å². The van der Waals surface area contributed by atoms with Gasteiger partial charge in [-0.2, -0.15) is 11.8 Å². The highest BCUT2D eigenvalue weighted by Crippen LogP contribution is 2.34. The minimum Gasteiger partial charge on any atom is -0.490 e. The van der Waals surface area contributed by atoms with Crippen LogP contribution in [0.5, 0.6) is 5.75 Å². The van der Waals surface area contributed by atoms with Crippen LogP contribution < -0.4 is 9.64 Å². The van der Waals surface area contributed by atoms with Gasteiger partial charge in [-0.15, -0.1) is 0 Å². The van der Waals surface area contributed by atoms with Gasteiger partial charge in [0.25, 0.3) is 0 Å². The van der Waals surface area contributed by atoms with E-state index in [9.17, 15) is 0 Å². The molecule has 0 radical (unpaired) electrons. The van der Waals surface area contributed by atoms with Crippen LogP contribution in [0.4, 0.5) is 5.82 Å². The normalized spacial score (nSPS) is 19.8. The first kappa shape index (κ1) is 11.8. The molecule has 1 unspecified atom stereocenters. The zero-order chi connectivity index (χ0) is 11.5. The SMILES string of the molecule is COc1c(Cl)ncnc1N(C)C1CCSC1. The van der Waals surface area contributed by atoms with Crippen molar-refractivity contribution in [3.8, 4) is 5.75 Å². The van der Waals surface area contributed by atoms with Gasteiger partial charge in [-0.1, -0.05) is 11.6 Å². The van der Waals surface area contributed by atoms with Crippen LogP contribution in [0.15, 0.2) is 6.33 Å². The van der Waals surface area contributed by atoms with Gasteiger partial charge in [0.2, 0.25) is 0 Å². The number of methoxy groups -OCH3 is 1. The third-order valence-corrected chi connectivity index (χ3v) is 4.15. The van der Waals surface area contributed by atoms with Gasteiger partial charge in [0.05, 0.1) is 7.11 Å². The zero-order valence-electron chi connectivity index (χ0n) is 9.31. The molecule has 1 fully saturated rings. The Balaban J connectivity index is 2.27. The summed E-state index contributed by atoms with van der Waals surface area (Å²) in [5, 5.41) is 0.366. The van der Waals surface area contributed by atoms with E-state index in [0.717, 1.165) is 11.6 Å². The monoisotopic (exact) mass is 259 g/mol. The second kappa shape index (κ2) is 5.10. The summed E-state index contributed by atoms with van der Waals surface area (Å²) in [6.07, 6.45) is 2.64. The lowest BCUT2D eigenvalue weighted by Crippen LogP contribution is -2.32. The third kappa shape index (κ3) is 2.20. The summed E-state index contributed by atoms with van der Waals surface area (Å²) in [5.74, 6) is 3.66. The fourth-order valence-corrected chi connectivity index (χ4v) is 3.24. The van der Waals surface area contributed by atoms with Crippen LogP contribution in [0.25, 0.3) is 0 Å². The Morgan fingerprint density at radius 3 is 3.00 bits per heavy atom. The molecule has 16 heavy (non-hydrogen) atoms. The molecule has 0 aromatic carbocycles. The molecule has 0 N–H and O–H groups in total. The van der Waals surface area contributed by atoms with Crippen LogP contribution in [0, 0.1) is 0 Å². The van der Waals surface area contributed by atoms with Crippen molar-refractivity contribution in [3.05, 3.63) is 11.5 Å². The fraction of sp³-hybridized carbons (Fsp3) is 0.600. The fourth-order valence-electron chi connectivity index (χ4n) is 1.77. The van der Waals surface area contributed by atoms with Gasteiger partial charge < -0.3 is 9.64 Å². The van der Waals surface area contributed by atoms with Crippen molar-refractivity contribution in [3.63, 3.8) is 0 Å². The van der Waals surface area contributed by atoms with Gasteiger partial charge in [-0.05, 0) is 12.2 Å². The van der Waals surface area contributed by atoms with E-state index in [2.05, 4.69) is 14.9 Å². The molecule has 2 rings (SSSR count). The number of rotatable bonds is 3. The average Bonchev–Trinajstić information content (AvgIpc) is 2.81. The molecule has 0 saturated carbocycles. The van der Waals surface area contributed by atoms with Crippen LogP contribution in [-0.4, -0.2) is 41.7 Å². The summed E-state index contributed by atoms with van der Waals surface area (Å²) < 4.78 is 5.25. The van der Waals surface area contributed by atoms with Crippen LogP contribution in [0.2, 0.25) is 5.15 Å². The predicted octanol–water partition coefficient (Wildman–Crippen LogP) is 2.08. The molecule has 4 nitrogen and oxygen atoms in total. The van der Waals surface area contributed by atoms with Crippen molar-refractivity contribution in [2.75, 3.05) is 30.6 Å². The first-order valence-corrected chi connectivity index (χ1v) is 6.62. The third-order valence-electron chi connectivity index (χ3n) is 2.73. The second-order valence-electron chi connectivity index (χ2n) is 3.65. The Labute approximate surface area is 104 Å². The van der Waals surface area contributed by atoms with Crippen LogP contribution in [0.3, 0.4) is 0 Å². The van der Waals surface area contributed by atoms with Crippen molar-refractivity contribution in [2.45, 2.75) is 12.5 Å². The highest BCUT2D eigenvalue weighted by Gasteiger charge is 2.24. The van der Waals surface area contributed by atoms with Gasteiger partial charge >= 0.3 is 0 Å². The van der Waals surface area contributed by atoms with Crippen molar-refractivity contribution in [1.29, 1.82) is 0 Å². The number of aromatic nitrogens is 2. The van der Waals surface area contributed by atoms with Gasteiger partial charge in [0.1, 0.15) is 6.33 Å². The molecule has 1 saturated heterocycles. The second-order valence-corrected chi connectivity index (χ2v) is 5.16. The largest absolute Gasteiger partial charge is 0.490 e. The lowest BCUT2D eigenvalue weighted by Gasteiger charge is -2.26. The molecule has 1 atom stereocenters. The number of thioether (sulfide) groups is 1. The topological polar surface area (TPSA) is 38.3 Å². The number of halogens is 1. The molecule has 6 heteroatoms. The predicted molar refractivity (Wildman–Crippen MR) is 67.7 cm³/mol. The minimum atomic E-state index is 0.366. The number of nitrogens with zero attached hydrogens (tertiary/aromatic N) is 3. The van der Waals surface area contributed by atoms with Crippen molar-refractivity contribution in [2.24, 2.45) is 0 Å². The number of ether oxygens (including phenoxy) is 1. The number of hydrogen-bond donors (Lipinski definition) is 0. The number of hydrogen-bond acceptors (Lipinski definition) is 5. The summed E-state index contributed by atoms with van der Waals surface area (Å²) in [5.41, 5.74) is 0. The van der Waals surface area contributed by atoms with Crippen molar-refractivity contribution < 1.29 is 4.74 Å². The minimum absolute atomic E-state index is 0.366. The van der Waals surface area contributed by atoms with E-state index in [1.54, 1.807) is 7.11 Å². The average molecular weight is 260 g/mol. The maximum atomic E-state index is 5.97. The Bertz CT molecular complexity index is 371. The van der Waals surface area contributed by atoms with Crippen LogP contribution in [0.1, 0.15) is 6.42 Å². The lowest BCUT2D eigenvalue weighted by molar-refractivity contribution is 0.410. The maximum absolute atomic E-state index is 5.97. The Morgan fingerprint density at radius 2 is 2.38 bits per heavy atom. The summed E-state index contributed by atoms with van der Waals surface area (Å²) >= 11 is 7.94. The molecule has 0 bridgehead atoms. The number of anilines is 1. The van der Waals surface area contributed by atoms with Gasteiger partial charge in [0, 0.05) is 18.8 Å². The van der Waals surface area contributed by atoms with Gasteiger partial charge in [-0.3, -0.25) is 0 Å². The summed E-state index contributed by atoms with van der Waals surface area (Å²) in [6.45, 7) is 0. The molecule has 0 aliphatic carbocycles. The van der Waals surface area contributed by atoms with Gasteiger partial charge in [-0.25, -0.2) is 9.97 Å². The molecule has 0 spiro atoms. The van der Waals surface area contributed by atoms with E-state index in [-0.39, 0.29) is 0 Å². The maximum Gasteiger partial charge on any atom is 0.199 e. The van der Waals surface area contributed by atoms with Crippen molar-refractivity contribution in [1.82, 2.24) is 9.97 Å². The molecular weight excluding hydrogens is 246 g/mol. The first-order chi connectivity index (χ1) is 7.74. The van der Waals surface area contributed by atoms with Crippen molar-refractivity contribution >= 4 is 29.2 Å². The lowest BCUT2D eigenvalue weighted by atomic mass is 10.2. The molecule has 1 aliphatic heterocycles. The summed E-state index contributed by atoms with van der Waals surface area (Å²) in [4.78, 5) is 10.3. The Hall–Kier alpha value is -0.680. The van der Waals surface area contributed by atoms with E-state index >= 15 is 0 Å².